The van der Waals surface area contributed by atoms with E-state index < -0.39 is 6.04 Å². The number of aryl methyl sites for hydroxylation is 1. The van der Waals surface area contributed by atoms with Crippen molar-refractivity contribution < 1.29 is 9.59 Å². The predicted molar refractivity (Wildman–Crippen MR) is 137 cm³/mol. The number of amides is 2. The van der Waals surface area contributed by atoms with Gasteiger partial charge < -0.3 is 10.2 Å². The van der Waals surface area contributed by atoms with Crippen molar-refractivity contribution in [2.24, 2.45) is 0 Å². The number of carbonyl (C=O) groups excluding carboxylic acids is 2. The summed E-state index contributed by atoms with van der Waals surface area (Å²) in [5.41, 5.74) is 3.49. The predicted octanol–water partition coefficient (Wildman–Crippen LogP) is 5.22. The van der Waals surface area contributed by atoms with E-state index in [1.165, 1.54) is 4.90 Å². The molecule has 3 aromatic carbocycles. The first-order chi connectivity index (χ1) is 15.9. The molecule has 1 fully saturated rings. The molecule has 33 heavy (non-hydrogen) atoms. The maximum absolute atomic E-state index is 13.4. The van der Waals surface area contributed by atoms with Gasteiger partial charge in [-0.3, -0.25) is 9.59 Å². The molecule has 1 heterocycles. The van der Waals surface area contributed by atoms with Gasteiger partial charge in [0.1, 0.15) is 6.04 Å². The van der Waals surface area contributed by atoms with Crippen LogP contribution in [-0.4, -0.2) is 34.4 Å². The molecule has 0 spiro atoms. The highest BCUT2D eigenvalue weighted by molar-refractivity contribution is 7.80. The van der Waals surface area contributed by atoms with Crippen LogP contribution in [0.3, 0.4) is 0 Å². The lowest BCUT2D eigenvalue weighted by molar-refractivity contribution is -0.122. The molecule has 4 rings (SSSR count). The number of anilines is 2. The molecule has 0 radical (unpaired) electrons. The van der Waals surface area contributed by atoms with E-state index >= 15 is 0 Å². The standard InChI is InChI=1S/C26H24ClN3O2S/c1-18-10-12-22(13-11-18)30-24(31)17-23(25(30)32)29(15-14-19-6-3-2-4-7-19)26(33)28-21-9-5-8-20(27)16-21/h2-13,16,23H,14-15,17H2,1H3,(H,28,33). The first-order valence-electron chi connectivity index (χ1n) is 10.7. The number of carbonyl (C=O) groups is 2. The topological polar surface area (TPSA) is 52.7 Å². The third-order valence-corrected chi connectivity index (χ3v) is 6.18. The van der Waals surface area contributed by atoms with Crippen molar-refractivity contribution in [3.05, 3.63) is 95.0 Å². The maximum Gasteiger partial charge on any atom is 0.257 e. The molecule has 1 saturated heterocycles. The van der Waals surface area contributed by atoms with Crippen molar-refractivity contribution in [2.75, 3.05) is 16.8 Å². The lowest BCUT2D eigenvalue weighted by atomic mass is 10.1. The van der Waals surface area contributed by atoms with Gasteiger partial charge in [-0.2, -0.15) is 0 Å². The smallest absolute Gasteiger partial charge is 0.257 e. The second-order valence-corrected chi connectivity index (χ2v) is 8.82. The van der Waals surface area contributed by atoms with E-state index in [1.807, 2.05) is 66.4 Å². The number of nitrogens with zero attached hydrogens (tertiary/aromatic N) is 2. The molecule has 0 bridgehead atoms. The van der Waals surface area contributed by atoms with E-state index in [0.717, 1.165) is 16.8 Å². The van der Waals surface area contributed by atoms with E-state index in [0.29, 0.717) is 28.8 Å². The fourth-order valence-electron chi connectivity index (χ4n) is 3.88. The van der Waals surface area contributed by atoms with E-state index in [4.69, 9.17) is 23.8 Å². The third-order valence-electron chi connectivity index (χ3n) is 5.61. The Morgan fingerprint density at radius 2 is 1.79 bits per heavy atom. The van der Waals surface area contributed by atoms with Gasteiger partial charge in [-0.05, 0) is 61.5 Å². The zero-order chi connectivity index (χ0) is 23.4. The van der Waals surface area contributed by atoms with Crippen LogP contribution in [0.15, 0.2) is 78.9 Å². The molecule has 2 amide bonds. The fraction of sp³-hybridized carbons (Fsp3) is 0.192. The van der Waals surface area contributed by atoms with Crippen molar-refractivity contribution >= 4 is 52.1 Å². The van der Waals surface area contributed by atoms with Gasteiger partial charge in [0.25, 0.3) is 5.91 Å². The average Bonchev–Trinajstić information content (AvgIpc) is 3.09. The number of benzene rings is 3. The Morgan fingerprint density at radius 1 is 1.06 bits per heavy atom. The van der Waals surface area contributed by atoms with Gasteiger partial charge in [0.2, 0.25) is 5.91 Å². The van der Waals surface area contributed by atoms with Gasteiger partial charge in [-0.25, -0.2) is 4.90 Å². The summed E-state index contributed by atoms with van der Waals surface area (Å²) < 4.78 is 0. The Morgan fingerprint density at radius 3 is 2.48 bits per heavy atom. The van der Waals surface area contributed by atoms with Crippen LogP contribution in [0.4, 0.5) is 11.4 Å². The number of thiocarbonyl (C=S) groups is 1. The van der Waals surface area contributed by atoms with Gasteiger partial charge in [-0.1, -0.05) is 65.7 Å². The molecule has 7 heteroatoms. The summed E-state index contributed by atoms with van der Waals surface area (Å²) in [6, 6.07) is 23.9. The minimum Gasteiger partial charge on any atom is -0.336 e. The molecule has 1 N–H and O–H groups in total. The van der Waals surface area contributed by atoms with Crippen molar-refractivity contribution in [2.45, 2.75) is 25.8 Å². The van der Waals surface area contributed by atoms with Crippen LogP contribution < -0.4 is 10.2 Å². The summed E-state index contributed by atoms with van der Waals surface area (Å²) in [6.45, 7) is 2.45. The van der Waals surface area contributed by atoms with E-state index in [2.05, 4.69) is 5.32 Å². The number of hydrogen-bond donors (Lipinski definition) is 1. The third kappa shape index (κ3) is 5.41. The Hall–Kier alpha value is -3.22. The van der Waals surface area contributed by atoms with Gasteiger partial charge >= 0.3 is 0 Å². The lowest BCUT2D eigenvalue weighted by Crippen LogP contribution is -2.48. The Labute approximate surface area is 204 Å². The number of hydrogen-bond acceptors (Lipinski definition) is 3. The zero-order valence-corrected chi connectivity index (χ0v) is 19.8. The van der Waals surface area contributed by atoms with Gasteiger partial charge in [0.15, 0.2) is 5.11 Å². The van der Waals surface area contributed by atoms with Crippen LogP contribution in [0.25, 0.3) is 0 Å². The number of rotatable bonds is 6. The van der Waals surface area contributed by atoms with Gasteiger partial charge in [0.05, 0.1) is 12.1 Å². The molecule has 0 aromatic heterocycles. The second kappa shape index (κ2) is 10.1. The lowest BCUT2D eigenvalue weighted by Gasteiger charge is -2.30. The van der Waals surface area contributed by atoms with E-state index in [1.54, 1.807) is 24.3 Å². The summed E-state index contributed by atoms with van der Waals surface area (Å²) in [7, 11) is 0. The molecular formula is C26H24ClN3O2S. The van der Waals surface area contributed by atoms with Gasteiger partial charge in [0, 0.05) is 17.3 Å². The minimum atomic E-state index is -0.679. The highest BCUT2D eigenvalue weighted by Gasteiger charge is 2.43. The highest BCUT2D eigenvalue weighted by Crippen LogP contribution is 2.27. The van der Waals surface area contributed by atoms with Crippen molar-refractivity contribution in [3.8, 4) is 0 Å². The monoisotopic (exact) mass is 477 g/mol. The van der Waals surface area contributed by atoms with Crippen molar-refractivity contribution in [1.29, 1.82) is 0 Å². The van der Waals surface area contributed by atoms with Crippen LogP contribution in [0, 0.1) is 6.92 Å². The first-order valence-corrected chi connectivity index (χ1v) is 11.5. The van der Waals surface area contributed by atoms with Crippen LogP contribution in [0.1, 0.15) is 17.5 Å². The zero-order valence-electron chi connectivity index (χ0n) is 18.2. The molecule has 0 saturated carbocycles. The largest absolute Gasteiger partial charge is 0.336 e. The fourth-order valence-corrected chi connectivity index (χ4v) is 4.41. The van der Waals surface area contributed by atoms with Crippen LogP contribution >= 0.6 is 23.8 Å². The molecular weight excluding hydrogens is 454 g/mol. The molecule has 1 aliphatic rings. The minimum absolute atomic E-state index is 0.0683. The first kappa shape index (κ1) is 23.0. The Kier molecular flexibility index (Phi) is 7.06. The van der Waals surface area contributed by atoms with Crippen LogP contribution in [0.5, 0.6) is 0 Å². The maximum atomic E-state index is 13.4. The second-order valence-electron chi connectivity index (χ2n) is 7.99. The van der Waals surface area contributed by atoms with E-state index in [9.17, 15) is 9.59 Å². The number of imide groups is 1. The van der Waals surface area contributed by atoms with E-state index in [-0.39, 0.29) is 18.2 Å². The number of halogens is 1. The quantitative estimate of drug-likeness (QED) is 0.389. The summed E-state index contributed by atoms with van der Waals surface area (Å²) in [4.78, 5) is 29.4. The molecule has 5 nitrogen and oxygen atoms in total. The normalized spacial score (nSPS) is 15.6. The molecule has 168 valence electrons. The Balaban J connectivity index is 1.58. The van der Waals surface area contributed by atoms with Crippen LogP contribution in [0.2, 0.25) is 5.02 Å². The highest BCUT2D eigenvalue weighted by atomic mass is 35.5. The molecule has 1 aliphatic heterocycles. The van der Waals surface area contributed by atoms with Crippen molar-refractivity contribution in [3.63, 3.8) is 0 Å². The summed E-state index contributed by atoms with van der Waals surface area (Å²) >= 11 is 11.8. The number of nitrogens with one attached hydrogen (secondary N) is 1. The molecule has 3 aromatic rings. The molecule has 1 atom stereocenters. The molecule has 0 aliphatic carbocycles. The van der Waals surface area contributed by atoms with Gasteiger partial charge in [-0.15, -0.1) is 0 Å². The summed E-state index contributed by atoms with van der Waals surface area (Å²) in [5.74, 6) is -0.503. The van der Waals surface area contributed by atoms with Crippen LogP contribution in [-0.2, 0) is 16.0 Å². The van der Waals surface area contributed by atoms with Crippen molar-refractivity contribution in [1.82, 2.24) is 4.90 Å². The molecule has 1 unspecified atom stereocenters. The Bertz CT molecular complexity index is 1170. The summed E-state index contributed by atoms with van der Waals surface area (Å²) in [6.07, 6.45) is 0.750. The SMILES string of the molecule is Cc1ccc(N2C(=O)CC(N(CCc3ccccc3)C(=S)Nc3cccc(Cl)c3)C2=O)cc1. The summed E-state index contributed by atoms with van der Waals surface area (Å²) in [5, 5.41) is 4.14. The average molecular weight is 478 g/mol.